The third kappa shape index (κ3) is 0.978. The smallest absolute Gasteiger partial charge is 0.274 e. The van der Waals surface area contributed by atoms with Crippen molar-refractivity contribution < 1.29 is 4.79 Å². The van der Waals surface area contributed by atoms with E-state index in [4.69, 9.17) is 0 Å². The summed E-state index contributed by atoms with van der Waals surface area (Å²) in [6.07, 6.45) is 3.22. The molecule has 0 saturated carbocycles. The Bertz CT molecular complexity index is 365. The number of aryl methyl sites for hydroxylation is 1. The summed E-state index contributed by atoms with van der Waals surface area (Å²) in [7, 11) is 0. The van der Waals surface area contributed by atoms with Crippen molar-refractivity contribution in [3.8, 4) is 0 Å². The molecule has 1 amide bonds. The first-order chi connectivity index (χ1) is 6.36. The number of aromatic nitrogens is 2. The average Bonchev–Trinajstić information content (AvgIpc) is 2.73. The third-order valence-corrected chi connectivity index (χ3v) is 2.74. The summed E-state index contributed by atoms with van der Waals surface area (Å²) in [5.41, 5.74) is 3.01. The number of nitrogens with zero attached hydrogens (tertiary/aromatic N) is 2. The Morgan fingerprint density at radius 1 is 1.38 bits per heavy atom. The molecule has 1 fully saturated rings. The highest BCUT2D eigenvalue weighted by atomic mass is 16.2. The lowest BCUT2D eigenvalue weighted by molar-refractivity contribution is 0.0879. The Morgan fingerprint density at radius 3 is 3.00 bits per heavy atom. The minimum atomic E-state index is 0.111. The maximum Gasteiger partial charge on any atom is 0.274 e. The molecule has 3 rings (SSSR count). The SMILES string of the molecule is O=C(c1n[nH]c2c1CCC2)N1CC1. The number of H-pyrrole nitrogens is 1. The van der Waals surface area contributed by atoms with E-state index >= 15 is 0 Å². The van der Waals surface area contributed by atoms with Gasteiger partial charge in [-0.15, -0.1) is 0 Å². The first-order valence-electron chi connectivity index (χ1n) is 4.71. The fourth-order valence-corrected chi connectivity index (χ4v) is 1.90. The minimum absolute atomic E-state index is 0.111. The summed E-state index contributed by atoms with van der Waals surface area (Å²) in [5.74, 6) is 0.111. The summed E-state index contributed by atoms with van der Waals surface area (Å²) in [5, 5.41) is 7.04. The van der Waals surface area contributed by atoms with E-state index in [9.17, 15) is 4.79 Å². The van der Waals surface area contributed by atoms with E-state index in [-0.39, 0.29) is 5.91 Å². The number of carbonyl (C=O) groups excluding carboxylic acids is 1. The van der Waals surface area contributed by atoms with Crippen LogP contribution >= 0.6 is 0 Å². The van der Waals surface area contributed by atoms with E-state index in [1.807, 2.05) is 4.90 Å². The van der Waals surface area contributed by atoms with Gasteiger partial charge in [-0.05, 0) is 19.3 Å². The summed E-state index contributed by atoms with van der Waals surface area (Å²) in [6, 6.07) is 0. The van der Waals surface area contributed by atoms with Gasteiger partial charge in [-0.3, -0.25) is 9.89 Å². The van der Waals surface area contributed by atoms with E-state index in [1.165, 1.54) is 5.69 Å². The molecule has 13 heavy (non-hydrogen) atoms. The number of hydrogen-bond donors (Lipinski definition) is 1. The van der Waals surface area contributed by atoms with Gasteiger partial charge in [0.1, 0.15) is 0 Å². The summed E-state index contributed by atoms with van der Waals surface area (Å²) < 4.78 is 0. The van der Waals surface area contributed by atoms with Crippen molar-refractivity contribution in [2.24, 2.45) is 0 Å². The highest BCUT2D eigenvalue weighted by Gasteiger charge is 2.31. The number of rotatable bonds is 1. The first kappa shape index (κ1) is 7.12. The minimum Gasteiger partial charge on any atom is -0.334 e. The Balaban J connectivity index is 1.99. The van der Waals surface area contributed by atoms with Gasteiger partial charge < -0.3 is 4.90 Å². The van der Waals surface area contributed by atoms with Crippen molar-refractivity contribution in [3.63, 3.8) is 0 Å². The molecule has 4 nitrogen and oxygen atoms in total. The molecular formula is C9H11N3O. The summed E-state index contributed by atoms with van der Waals surface area (Å²) in [6.45, 7) is 1.81. The predicted molar refractivity (Wildman–Crippen MR) is 46.5 cm³/mol. The monoisotopic (exact) mass is 177 g/mol. The number of nitrogens with one attached hydrogen (secondary N) is 1. The molecule has 0 spiro atoms. The van der Waals surface area contributed by atoms with Crippen LogP contribution in [0.4, 0.5) is 0 Å². The highest BCUT2D eigenvalue weighted by molar-refractivity contribution is 5.95. The van der Waals surface area contributed by atoms with Crippen LogP contribution in [-0.4, -0.2) is 34.1 Å². The second-order valence-electron chi connectivity index (χ2n) is 3.68. The Morgan fingerprint density at radius 2 is 2.23 bits per heavy atom. The Hall–Kier alpha value is -1.32. The van der Waals surface area contributed by atoms with E-state index < -0.39 is 0 Å². The lowest BCUT2D eigenvalue weighted by atomic mass is 10.2. The molecule has 0 atom stereocenters. The second-order valence-corrected chi connectivity index (χ2v) is 3.68. The van der Waals surface area contributed by atoms with Crippen molar-refractivity contribution in [2.75, 3.05) is 13.1 Å². The van der Waals surface area contributed by atoms with Crippen LogP contribution in [0.2, 0.25) is 0 Å². The molecule has 1 aliphatic carbocycles. The number of amides is 1. The van der Waals surface area contributed by atoms with Gasteiger partial charge >= 0.3 is 0 Å². The number of hydrogen-bond acceptors (Lipinski definition) is 2. The first-order valence-corrected chi connectivity index (χ1v) is 4.71. The van der Waals surface area contributed by atoms with Crippen molar-refractivity contribution in [3.05, 3.63) is 17.0 Å². The number of fused-ring (bicyclic) bond motifs is 1. The zero-order chi connectivity index (χ0) is 8.84. The lowest BCUT2D eigenvalue weighted by Crippen LogP contribution is -2.12. The molecule has 1 aromatic rings. The molecule has 68 valence electrons. The predicted octanol–water partition coefficient (Wildman–Crippen LogP) is 0.354. The molecule has 0 aromatic carbocycles. The quantitative estimate of drug-likeness (QED) is 0.629. The fourth-order valence-electron chi connectivity index (χ4n) is 1.90. The van der Waals surface area contributed by atoms with Crippen molar-refractivity contribution >= 4 is 5.91 Å². The molecule has 0 unspecified atom stereocenters. The largest absolute Gasteiger partial charge is 0.334 e. The number of aromatic amines is 1. The van der Waals surface area contributed by atoms with Gasteiger partial charge in [-0.2, -0.15) is 5.10 Å². The van der Waals surface area contributed by atoms with Crippen molar-refractivity contribution in [1.82, 2.24) is 15.1 Å². The van der Waals surface area contributed by atoms with E-state index in [0.717, 1.165) is 37.9 Å². The molecular weight excluding hydrogens is 166 g/mol. The Labute approximate surface area is 75.9 Å². The standard InChI is InChI=1S/C9H11N3O/c13-9(12-4-5-12)8-6-2-1-3-7(6)10-11-8/h1-5H2,(H,10,11). The van der Waals surface area contributed by atoms with Crippen molar-refractivity contribution in [1.29, 1.82) is 0 Å². The van der Waals surface area contributed by atoms with Crippen LogP contribution in [0, 0.1) is 0 Å². The van der Waals surface area contributed by atoms with Gasteiger partial charge in [-0.25, -0.2) is 0 Å². The van der Waals surface area contributed by atoms with Crippen LogP contribution in [0.25, 0.3) is 0 Å². The molecule has 0 radical (unpaired) electrons. The van der Waals surface area contributed by atoms with Gasteiger partial charge in [0, 0.05) is 24.3 Å². The van der Waals surface area contributed by atoms with Gasteiger partial charge in [0.25, 0.3) is 5.91 Å². The van der Waals surface area contributed by atoms with Gasteiger partial charge in [0.05, 0.1) is 0 Å². The van der Waals surface area contributed by atoms with Crippen LogP contribution in [0.3, 0.4) is 0 Å². The van der Waals surface area contributed by atoms with Crippen LogP contribution in [0.1, 0.15) is 28.2 Å². The van der Waals surface area contributed by atoms with E-state index in [1.54, 1.807) is 0 Å². The second kappa shape index (κ2) is 2.34. The topological polar surface area (TPSA) is 48.8 Å². The zero-order valence-electron chi connectivity index (χ0n) is 7.34. The maximum absolute atomic E-state index is 11.7. The molecule has 1 saturated heterocycles. The zero-order valence-corrected chi connectivity index (χ0v) is 7.34. The maximum atomic E-state index is 11.7. The van der Waals surface area contributed by atoms with Crippen LogP contribution in [0.15, 0.2) is 0 Å². The molecule has 1 aromatic heterocycles. The molecule has 2 aliphatic rings. The molecule has 2 heterocycles. The number of carbonyl (C=O) groups is 1. The normalized spacial score (nSPS) is 18.9. The lowest BCUT2D eigenvalue weighted by Gasteiger charge is -1.98. The van der Waals surface area contributed by atoms with Gasteiger partial charge in [-0.1, -0.05) is 0 Å². The Kier molecular flexibility index (Phi) is 1.28. The van der Waals surface area contributed by atoms with E-state index in [0.29, 0.717) is 5.69 Å². The van der Waals surface area contributed by atoms with Gasteiger partial charge in [0.15, 0.2) is 5.69 Å². The highest BCUT2D eigenvalue weighted by Crippen LogP contribution is 2.24. The van der Waals surface area contributed by atoms with Crippen LogP contribution < -0.4 is 0 Å². The van der Waals surface area contributed by atoms with E-state index in [2.05, 4.69) is 10.2 Å². The third-order valence-electron chi connectivity index (χ3n) is 2.74. The van der Waals surface area contributed by atoms with Crippen LogP contribution in [-0.2, 0) is 12.8 Å². The fraction of sp³-hybridized carbons (Fsp3) is 0.556. The van der Waals surface area contributed by atoms with Crippen molar-refractivity contribution in [2.45, 2.75) is 19.3 Å². The molecule has 1 aliphatic heterocycles. The summed E-state index contributed by atoms with van der Waals surface area (Å²) >= 11 is 0. The summed E-state index contributed by atoms with van der Waals surface area (Å²) in [4.78, 5) is 13.5. The molecule has 4 heteroatoms. The average molecular weight is 177 g/mol. The molecule has 1 N–H and O–H groups in total. The van der Waals surface area contributed by atoms with Gasteiger partial charge in [0.2, 0.25) is 0 Å². The molecule has 0 bridgehead atoms. The van der Waals surface area contributed by atoms with Crippen LogP contribution in [0.5, 0.6) is 0 Å².